The lowest BCUT2D eigenvalue weighted by molar-refractivity contribution is -0.142. The number of urea groups is 1. The number of hydrogen-bond donors (Lipinski definition) is 7. The number of aliphatic carboxylic acids is 1. The van der Waals surface area contributed by atoms with Gasteiger partial charge in [0.25, 0.3) is 0 Å². The average molecular weight is 645 g/mol. The summed E-state index contributed by atoms with van der Waals surface area (Å²) in [4.78, 5) is 72.7. The third kappa shape index (κ3) is 21.8. The van der Waals surface area contributed by atoms with Gasteiger partial charge in [-0.2, -0.15) is 11.8 Å². The molecule has 44 heavy (non-hydrogen) atoms. The molecule has 254 valence electrons. The molecule has 0 aliphatic heterocycles. The molecule has 5 amide bonds. The van der Waals surface area contributed by atoms with Gasteiger partial charge >= 0.3 is 12.0 Å². The van der Waals surface area contributed by atoms with E-state index >= 15 is 0 Å². The molecule has 0 aliphatic rings. The summed E-state index contributed by atoms with van der Waals surface area (Å²) in [5.74, 6) is -1.60. The van der Waals surface area contributed by atoms with Gasteiger partial charge in [0.05, 0.1) is 6.54 Å². The van der Waals surface area contributed by atoms with Gasteiger partial charge in [0.2, 0.25) is 17.7 Å². The highest BCUT2D eigenvalue weighted by molar-refractivity contribution is 7.98. The van der Waals surface area contributed by atoms with Crippen LogP contribution < -0.4 is 31.9 Å². The van der Waals surface area contributed by atoms with E-state index in [1.54, 1.807) is 0 Å². The summed E-state index contributed by atoms with van der Waals surface area (Å²) in [6.07, 6.45) is 7.50. The quantitative estimate of drug-likeness (QED) is 0.0689. The summed E-state index contributed by atoms with van der Waals surface area (Å²) in [5, 5.41) is 25.8. The van der Waals surface area contributed by atoms with Crippen LogP contribution in [0.5, 0.6) is 0 Å². The number of rotatable bonds is 26. The standard InChI is InChI=1S/C30H56N6O7S/c1-6-22(4)25(37)13-8-7-10-16-32-30(43)33-17-11-9-12-24(29(41)42)36-27(39)20-34-28(40)23(15-19-44-5)35-26(38)14-18-31-21(2)3/h21-24,31H,6-20H2,1-5H3,(H,34,40)(H,35,38)(H,36,39)(H,41,42)(H2,32,33,43). The van der Waals surface area contributed by atoms with Crippen LogP contribution >= 0.6 is 11.8 Å². The highest BCUT2D eigenvalue weighted by Crippen LogP contribution is 2.09. The largest absolute Gasteiger partial charge is 0.480 e. The van der Waals surface area contributed by atoms with E-state index in [2.05, 4.69) is 31.9 Å². The average Bonchev–Trinajstić information content (AvgIpc) is 2.97. The maximum absolute atomic E-state index is 12.7. The number of nitrogens with one attached hydrogen (secondary N) is 6. The van der Waals surface area contributed by atoms with Crippen LogP contribution in [0.15, 0.2) is 0 Å². The van der Waals surface area contributed by atoms with Gasteiger partial charge in [-0.25, -0.2) is 9.59 Å². The van der Waals surface area contributed by atoms with Crippen LogP contribution in [0.1, 0.15) is 91.9 Å². The van der Waals surface area contributed by atoms with Crippen LogP contribution in [0.25, 0.3) is 0 Å². The molecule has 0 radical (unpaired) electrons. The van der Waals surface area contributed by atoms with E-state index in [4.69, 9.17) is 0 Å². The highest BCUT2D eigenvalue weighted by atomic mass is 32.2. The predicted molar refractivity (Wildman–Crippen MR) is 173 cm³/mol. The van der Waals surface area contributed by atoms with E-state index in [0.29, 0.717) is 51.1 Å². The molecule has 0 aliphatic carbocycles. The normalized spacial score (nSPS) is 13.0. The fraction of sp³-hybridized carbons (Fsp3) is 0.800. The minimum atomic E-state index is -1.19. The number of carboxylic acid groups (broad SMARTS) is 1. The molecule has 0 fully saturated rings. The lowest BCUT2D eigenvalue weighted by Crippen LogP contribution is -2.51. The lowest BCUT2D eigenvalue weighted by Gasteiger charge is -2.19. The molecule has 3 atom stereocenters. The van der Waals surface area contributed by atoms with Crippen LogP contribution in [0.4, 0.5) is 4.79 Å². The third-order valence-corrected chi connectivity index (χ3v) is 7.62. The second kappa shape index (κ2) is 25.5. The van der Waals surface area contributed by atoms with Crippen molar-refractivity contribution < 1.29 is 33.9 Å². The van der Waals surface area contributed by atoms with Crippen molar-refractivity contribution in [2.45, 2.75) is 110 Å². The number of amides is 5. The van der Waals surface area contributed by atoms with Gasteiger partial charge in [0, 0.05) is 44.4 Å². The lowest BCUT2D eigenvalue weighted by atomic mass is 9.99. The summed E-state index contributed by atoms with van der Waals surface area (Å²) in [5.41, 5.74) is 0. The topological polar surface area (TPSA) is 195 Å². The monoisotopic (exact) mass is 644 g/mol. The van der Waals surface area contributed by atoms with Gasteiger partial charge in [0.15, 0.2) is 0 Å². The molecule has 0 heterocycles. The molecule has 0 saturated carbocycles. The predicted octanol–water partition coefficient (Wildman–Crippen LogP) is 1.94. The smallest absolute Gasteiger partial charge is 0.326 e. The van der Waals surface area contributed by atoms with E-state index in [-0.39, 0.29) is 42.5 Å². The maximum Gasteiger partial charge on any atom is 0.326 e. The summed E-state index contributed by atoms with van der Waals surface area (Å²) in [6.45, 7) is 8.80. The zero-order valence-corrected chi connectivity index (χ0v) is 28.0. The number of carboxylic acids is 1. The van der Waals surface area contributed by atoms with E-state index in [9.17, 15) is 33.9 Å². The van der Waals surface area contributed by atoms with Gasteiger partial charge in [-0.3, -0.25) is 19.2 Å². The molecule has 0 aromatic heterocycles. The Morgan fingerprint density at radius 3 is 1.95 bits per heavy atom. The first kappa shape index (κ1) is 41.1. The second-order valence-electron chi connectivity index (χ2n) is 11.2. The molecule has 0 saturated heterocycles. The first-order valence-electron chi connectivity index (χ1n) is 15.8. The Balaban J connectivity index is 4.31. The van der Waals surface area contributed by atoms with Crippen LogP contribution in [0.2, 0.25) is 0 Å². The highest BCUT2D eigenvalue weighted by Gasteiger charge is 2.23. The van der Waals surface area contributed by atoms with Crippen LogP contribution in [0, 0.1) is 5.92 Å². The Hall–Kier alpha value is -2.87. The minimum absolute atomic E-state index is 0.102. The molecular formula is C30H56N6O7S. The third-order valence-electron chi connectivity index (χ3n) is 6.98. The number of carbonyl (C=O) groups excluding carboxylic acids is 5. The first-order chi connectivity index (χ1) is 20.9. The second-order valence-corrected chi connectivity index (χ2v) is 12.2. The number of thioether (sulfide) groups is 1. The van der Waals surface area contributed by atoms with Crippen molar-refractivity contribution in [3.8, 4) is 0 Å². The van der Waals surface area contributed by atoms with Crippen molar-refractivity contribution >= 4 is 47.3 Å². The molecule has 0 aromatic rings. The maximum atomic E-state index is 12.7. The number of hydrogen-bond acceptors (Lipinski definition) is 8. The Morgan fingerprint density at radius 1 is 0.727 bits per heavy atom. The Labute approximate surface area is 267 Å². The Morgan fingerprint density at radius 2 is 1.36 bits per heavy atom. The minimum Gasteiger partial charge on any atom is -0.480 e. The fourth-order valence-corrected chi connectivity index (χ4v) is 4.53. The molecule has 0 aromatic carbocycles. The van der Waals surface area contributed by atoms with Crippen molar-refractivity contribution in [1.29, 1.82) is 0 Å². The molecule has 0 spiro atoms. The number of carbonyl (C=O) groups is 6. The molecule has 0 rings (SSSR count). The molecule has 13 nitrogen and oxygen atoms in total. The summed E-state index contributed by atoms with van der Waals surface area (Å²) >= 11 is 1.53. The van der Waals surface area contributed by atoms with Crippen molar-refractivity contribution in [3.05, 3.63) is 0 Å². The summed E-state index contributed by atoms with van der Waals surface area (Å²) < 4.78 is 0. The van der Waals surface area contributed by atoms with E-state index < -0.39 is 36.4 Å². The molecule has 0 bridgehead atoms. The van der Waals surface area contributed by atoms with Crippen molar-refractivity contribution in [2.75, 3.05) is 38.2 Å². The fourth-order valence-electron chi connectivity index (χ4n) is 4.05. The zero-order valence-electron chi connectivity index (χ0n) is 27.2. The number of Topliss-reactive ketones (excluding diaryl/α,β-unsaturated/α-hetero) is 1. The number of ketones is 1. The van der Waals surface area contributed by atoms with Crippen molar-refractivity contribution in [2.24, 2.45) is 5.92 Å². The Kier molecular flexibility index (Phi) is 23.8. The number of unbranched alkanes of at least 4 members (excludes halogenated alkanes) is 3. The molecule has 7 N–H and O–H groups in total. The SMILES string of the molecule is CCC(C)C(=O)CCCCCNC(=O)NCCCCC(NC(=O)CNC(=O)C(CCSC)NC(=O)CCNC(C)C)C(=O)O. The van der Waals surface area contributed by atoms with E-state index in [1.165, 1.54) is 11.8 Å². The van der Waals surface area contributed by atoms with Gasteiger partial charge in [-0.05, 0) is 57.0 Å². The van der Waals surface area contributed by atoms with E-state index in [0.717, 1.165) is 25.7 Å². The van der Waals surface area contributed by atoms with Gasteiger partial charge in [0.1, 0.15) is 17.9 Å². The van der Waals surface area contributed by atoms with Gasteiger partial charge in [-0.15, -0.1) is 0 Å². The zero-order chi connectivity index (χ0) is 33.3. The van der Waals surface area contributed by atoms with Gasteiger partial charge in [-0.1, -0.05) is 34.1 Å². The Bertz CT molecular complexity index is 890. The molecule has 14 heteroatoms. The summed E-state index contributed by atoms with van der Waals surface area (Å²) in [6, 6.07) is -2.01. The molecule has 3 unspecified atom stereocenters. The van der Waals surface area contributed by atoms with Crippen molar-refractivity contribution in [3.63, 3.8) is 0 Å². The van der Waals surface area contributed by atoms with Gasteiger partial charge < -0.3 is 37.0 Å². The van der Waals surface area contributed by atoms with Crippen LogP contribution in [-0.4, -0.2) is 96.9 Å². The molecular weight excluding hydrogens is 588 g/mol. The first-order valence-corrected chi connectivity index (χ1v) is 17.2. The van der Waals surface area contributed by atoms with Crippen LogP contribution in [-0.2, 0) is 24.0 Å². The van der Waals surface area contributed by atoms with Crippen molar-refractivity contribution in [1.82, 2.24) is 31.9 Å². The van der Waals surface area contributed by atoms with Crippen LogP contribution in [0.3, 0.4) is 0 Å². The van der Waals surface area contributed by atoms with E-state index in [1.807, 2.05) is 34.0 Å². The summed E-state index contributed by atoms with van der Waals surface area (Å²) in [7, 11) is 0.